The van der Waals surface area contributed by atoms with E-state index in [9.17, 15) is 26.7 Å². The third-order valence-corrected chi connectivity index (χ3v) is 6.48. The minimum absolute atomic E-state index is 0.149. The quantitative estimate of drug-likeness (QED) is 0.334. The molecule has 0 bridgehead atoms. The second-order valence-electron chi connectivity index (χ2n) is 9.20. The van der Waals surface area contributed by atoms with Crippen LogP contribution in [-0.2, 0) is 11.0 Å². The van der Waals surface area contributed by atoms with Crippen molar-refractivity contribution in [3.05, 3.63) is 76.9 Å². The SMILES string of the molecule is CCN(CCNc1cn[nH]c1C)/C1=C/C/C([C@@H](C)Nc2ccc(F)cc2C(F)(F)F)=C\C(F)=C/CC(=O)N1C. The highest BCUT2D eigenvalue weighted by atomic mass is 19.4. The lowest BCUT2D eigenvalue weighted by Crippen LogP contribution is -2.39. The number of carbonyl (C=O) groups excluding carboxylic acids is 1. The number of likely N-dealkylation sites (N-methyl/N-ethyl adjacent to an activating group) is 1. The van der Waals surface area contributed by atoms with Gasteiger partial charge in [-0.15, -0.1) is 0 Å². The van der Waals surface area contributed by atoms with Crippen LogP contribution in [0.2, 0.25) is 0 Å². The Morgan fingerprint density at radius 3 is 2.56 bits per heavy atom. The second kappa shape index (κ2) is 12.8. The molecule has 212 valence electrons. The molecule has 0 saturated heterocycles. The van der Waals surface area contributed by atoms with Gasteiger partial charge in [-0.3, -0.25) is 9.89 Å². The fourth-order valence-electron chi connectivity index (χ4n) is 4.23. The summed E-state index contributed by atoms with van der Waals surface area (Å²) in [6, 6.07) is 1.63. The first-order chi connectivity index (χ1) is 18.4. The molecule has 2 aromatic rings. The molecule has 39 heavy (non-hydrogen) atoms. The lowest BCUT2D eigenvalue weighted by molar-refractivity contribution is -0.137. The first-order valence-corrected chi connectivity index (χ1v) is 12.6. The van der Waals surface area contributed by atoms with Crippen LogP contribution in [0.5, 0.6) is 0 Å². The van der Waals surface area contributed by atoms with Crippen LogP contribution < -0.4 is 10.6 Å². The molecule has 0 fully saturated rings. The summed E-state index contributed by atoms with van der Waals surface area (Å²) in [5.74, 6) is -1.39. The van der Waals surface area contributed by atoms with Gasteiger partial charge in [-0.1, -0.05) is 0 Å². The molecular formula is C27H33F5N6O. The summed E-state index contributed by atoms with van der Waals surface area (Å²) in [6.45, 7) is 7.08. The topological polar surface area (TPSA) is 76.3 Å². The number of hydrogen-bond donors (Lipinski definition) is 3. The molecule has 0 aliphatic carbocycles. The Kier molecular flexibility index (Phi) is 9.76. The summed E-state index contributed by atoms with van der Waals surface area (Å²) in [6.07, 6.45) is 1.000. The van der Waals surface area contributed by atoms with E-state index in [0.29, 0.717) is 37.1 Å². The van der Waals surface area contributed by atoms with E-state index in [1.165, 1.54) is 11.0 Å². The van der Waals surface area contributed by atoms with E-state index in [1.54, 1.807) is 26.2 Å². The number of nitrogens with zero attached hydrogens (tertiary/aromatic N) is 3. The van der Waals surface area contributed by atoms with Crippen LogP contribution in [0, 0.1) is 12.7 Å². The van der Waals surface area contributed by atoms with E-state index in [1.807, 2.05) is 18.7 Å². The molecule has 0 saturated carbocycles. The average molecular weight is 553 g/mol. The minimum atomic E-state index is -4.78. The summed E-state index contributed by atoms with van der Waals surface area (Å²) in [5.41, 5.74) is 0.740. The van der Waals surface area contributed by atoms with Gasteiger partial charge < -0.3 is 20.4 Å². The second-order valence-corrected chi connectivity index (χ2v) is 9.20. The zero-order valence-electron chi connectivity index (χ0n) is 22.3. The van der Waals surface area contributed by atoms with Crippen LogP contribution in [0.15, 0.2) is 59.8 Å². The summed E-state index contributed by atoms with van der Waals surface area (Å²) in [7, 11) is 1.61. The van der Waals surface area contributed by atoms with Crippen molar-refractivity contribution < 1.29 is 26.7 Å². The first kappa shape index (κ1) is 29.7. The standard InChI is InChI=1S/C27H33F5N6O/c1-5-38(13-12-33-24-16-34-36-18(24)3)25-10-6-19(14-20(28)8-11-26(39)37(25)4)17(2)35-23-9-7-21(29)15-22(23)27(30,31)32/h7-10,14-17,33,35H,5-6,11-13H2,1-4H3,(H,34,36)/b19-14+,20-8+,25-10+/t17-/m1/s1. The molecule has 0 unspecified atom stereocenters. The van der Waals surface area contributed by atoms with Crippen LogP contribution in [0.3, 0.4) is 0 Å². The lowest BCUT2D eigenvalue weighted by atomic mass is 10.0. The fourth-order valence-corrected chi connectivity index (χ4v) is 4.23. The number of aryl methyl sites for hydroxylation is 1. The smallest absolute Gasteiger partial charge is 0.381 e. The van der Waals surface area contributed by atoms with Gasteiger partial charge in [0.05, 0.1) is 23.1 Å². The molecule has 3 N–H and O–H groups in total. The number of carbonyl (C=O) groups is 1. The van der Waals surface area contributed by atoms with Gasteiger partial charge in [0.15, 0.2) is 0 Å². The van der Waals surface area contributed by atoms with Crippen molar-refractivity contribution >= 4 is 17.3 Å². The molecule has 0 radical (unpaired) electrons. The molecule has 0 spiro atoms. The number of aromatic nitrogens is 2. The number of anilines is 2. The molecule has 1 aliphatic rings. The third kappa shape index (κ3) is 7.84. The highest BCUT2D eigenvalue weighted by molar-refractivity contribution is 5.79. The van der Waals surface area contributed by atoms with Crippen molar-refractivity contribution in [2.45, 2.75) is 45.8 Å². The van der Waals surface area contributed by atoms with E-state index < -0.39 is 29.4 Å². The maximum Gasteiger partial charge on any atom is 0.418 e. The molecule has 3 rings (SSSR count). The molecule has 1 atom stereocenters. The molecular weight excluding hydrogens is 519 g/mol. The maximum atomic E-state index is 14.7. The highest BCUT2D eigenvalue weighted by Crippen LogP contribution is 2.36. The van der Waals surface area contributed by atoms with Crippen molar-refractivity contribution in [2.24, 2.45) is 0 Å². The molecule has 1 amide bonds. The Morgan fingerprint density at radius 2 is 1.92 bits per heavy atom. The molecule has 2 heterocycles. The normalized spacial score (nSPS) is 19.8. The number of nitrogens with one attached hydrogen (secondary N) is 3. The molecule has 1 aliphatic heterocycles. The van der Waals surface area contributed by atoms with Gasteiger partial charge in [-0.05, 0) is 69.2 Å². The molecule has 1 aromatic carbocycles. The number of amides is 1. The zero-order valence-corrected chi connectivity index (χ0v) is 22.3. The fraction of sp³-hybridized carbons (Fsp3) is 0.407. The van der Waals surface area contributed by atoms with Crippen LogP contribution in [0.25, 0.3) is 0 Å². The number of halogens is 5. The van der Waals surface area contributed by atoms with Gasteiger partial charge in [0.2, 0.25) is 5.91 Å². The predicted octanol–water partition coefficient (Wildman–Crippen LogP) is 5.98. The zero-order chi connectivity index (χ0) is 28.7. The monoisotopic (exact) mass is 552 g/mol. The number of H-pyrrole nitrogens is 1. The van der Waals surface area contributed by atoms with E-state index >= 15 is 0 Å². The molecule has 7 nitrogen and oxygen atoms in total. The number of rotatable bonds is 9. The van der Waals surface area contributed by atoms with Crippen LogP contribution in [-0.4, -0.2) is 58.6 Å². The van der Waals surface area contributed by atoms with Crippen molar-refractivity contribution in [2.75, 3.05) is 37.3 Å². The lowest BCUT2D eigenvalue weighted by Gasteiger charge is -2.33. The Balaban J connectivity index is 1.87. The first-order valence-electron chi connectivity index (χ1n) is 12.6. The van der Waals surface area contributed by atoms with Gasteiger partial charge in [-0.25, -0.2) is 8.78 Å². The predicted molar refractivity (Wildman–Crippen MR) is 141 cm³/mol. The van der Waals surface area contributed by atoms with E-state index in [-0.39, 0.29) is 24.4 Å². The van der Waals surface area contributed by atoms with E-state index in [2.05, 4.69) is 20.8 Å². The van der Waals surface area contributed by atoms with Gasteiger partial charge in [0.1, 0.15) is 17.5 Å². The number of hydrogen-bond acceptors (Lipinski definition) is 5. The number of aromatic amines is 1. The van der Waals surface area contributed by atoms with Crippen molar-refractivity contribution in [1.29, 1.82) is 0 Å². The number of benzene rings is 1. The van der Waals surface area contributed by atoms with Crippen LogP contribution in [0.1, 0.15) is 37.9 Å². The van der Waals surface area contributed by atoms with Crippen molar-refractivity contribution in [3.8, 4) is 0 Å². The number of alkyl halides is 3. The van der Waals surface area contributed by atoms with Crippen molar-refractivity contribution in [3.63, 3.8) is 0 Å². The Hall–Kier alpha value is -3.83. The Bertz CT molecular complexity index is 1250. The van der Waals surface area contributed by atoms with Crippen LogP contribution in [0.4, 0.5) is 33.3 Å². The van der Waals surface area contributed by atoms with Gasteiger partial charge >= 0.3 is 6.18 Å². The van der Waals surface area contributed by atoms with E-state index in [0.717, 1.165) is 29.6 Å². The molecule has 12 heteroatoms. The average Bonchev–Trinajstić information content (AvgIpc) is 3.29. The summed E-state index contributed by atoms with van der Waals surface area (Å²) in [5, 5.41) is 12.9. The Morgan fingerprint density at radius 1 is 1.18 bits per heavy atom. The van der Waals surface area contributed by atoms with Crippen molar-refractivity contribution in [1.82, 2.24) is 20.0 Å². The third-order valence-electron chi connectivity index (χ3n) is 6.48. The van der Waals surface area contributed by atoms with Crippen LogP contribution >= 0.6 is 0 Å². The molecule has 1 aromatic heterocycles. The number of allylic oxidation sites excluding steroid dienone is 3. The Labute approximate surface area is 224 Å². The summed E-state index contributed by atoms with van der Waals surface area (Å²) >= 11 is 0. The van der Waals surface area contributed by atoms with E-state index in [4.69, 9.17) is 0 Å². The van der Waals surface area contributed by atoms with Gasteiger partial charge in [-0.2, -0.15) is 18.3 Å². The largest absolute Gasteiger partial charge is 0.418 e. The van der Waals surface area contributed by atoms with Gasteiger partial charge in [0, 0.05) is 44.8 Å². The minimum Gasteiger partial charge on any atom is -0.381 e. The summed E-state index contributed by atoms with van der Waals surface area (Å²) < 4.78 is 68.8. The maximum absolute atomic E-state index is 14.7. The van der Waals surface area contributed by atoms with Gasteiger partial charge in [0.25, 0.3) is 0 Å². The highest BCUT2D eigenvalue weighted by Gasteiger charge is 2.34. The summed E-state index contributed by atoms with van der Waals surface area (Å²) in [4.78, 5) is 16.2.